The van der Waals surface area contributed by atoms with Gasteiger partial charge in [0.05, 0.1) is 12.2 Å². The Morgan fingerprint density at radius 3 is 2.68 bits per heavy atom. The minimum atomic E-state index is 0.0147. The van der Waals surface area contributed by atoms with Crippen LogP contribution in [0.15, 0.2) is 42.7 Å². The minimum Gasteiger partial charge on any atom is -0.508 e. The molecule has 0 fully saturated rings. The van der Waals surface area contributed by atoms with Gasteiger partial charge in [0.1, 0.15) is 5.75 Å². The Morgan fingerprint density at radius 1 is 1.23 bits per heavy atom. The van der Waals surface area contributed by atoms with Crippen LogP contribution in [0.3, 0.4) is 0 Å². The van der Waals surface area contributed by atoms with Crippen molar-refractivity contribution in [3.8, 4) is 16.9 Å². The van der Waals surface area contributed by atoms with Crippen molar-refractivity contribution < 1.29 is 5.11 Å². The summed E-state index contributed by atoms with van der Waals surface area (Å²) < 4.78 is 1.81. The predicted octanol–water partition coefficient (Wildman–Crippen LogP) is 2.89. The van der Waals surface area contributed by atoms with Gasteiger partial charge in [0.25, 0.3) is 0 Å². The molecule has 3 aromatic rings. The molecule has 1 aromatic carbocycles. The van der Waals surface area contributed by atoms with Gasteiger partial charge in [-0.2, -0.15) is 5.10 Å². The van der Waals surface area contributed by atoms with Crippen molar-refractivity contribution in [3.63, 3.8) is 0 Å². The van der Waals surface area contributed by atoms with E-state index in [4.69, 9.17) is 17.3 Å². The molecule has 3 rings (SSSR count). The van der Waals surface area contributed by atoms with E-state index in [1.54, 1.807) is 24.4 Å². The molecule has 0 aliphatic heterocycles. The molecule has 0 saturated heterocycles. The number of phenolic OH excluding ortho intramolecular Hbond substituents is 1. The van der Waals surface area contributed by atoms with Crippen LogP contribution >= 0.6 is 11.6 Å². The fraction of sp³-hybridized carbons (Fsp3) is 0.133. The number of nitrogens with zero attached hydrogens (tertiary/aromatic N) is 4. The number of aromatic nitrogens is 4. The molecule has 2 aromatic heterocycles. The normalized spacial score (nSPS) is 12.3. The van der Waals surface area contributed by atoms with Crippen molar-refractivity contribution in [1.82, 2.24) is 20.0 Å². The van der Waals surface area contributed by atoms with Gasteiger partial charge in [-0.05, 0) is 30.7 Å². The second-order valence-electron chi connectivity index (χ2n) is 4.94. The predicted molar refractivity (Wildman–Crippen MR) is 84.6 cm³/mol. The molecule has 0 amide bonds. The van der Waals surface area contributed by atoms with Crippen molar-refractivity contribution >= 4 is 17.4 Å². The lowest BCUT2D eigenvalue weighted by Crippen LogP contribution is -2.06. The van der Waals surface area contributed by atoms with Crippen molar-refractivity contribution in [2.45, 2.75) is 13.0 Å². The topological polar surface area (TPSA) is 89.8 Å². The second-order valence-corrected chi connectivity index (χ2v) is 5.33. The van der Waals surface area contributed by atoms with Crippen molar-refractivity contribution in [1.29, 1.82) is 0 Å². The van der Waals surface area contributed by atoms with E-state index >= 15 is 0 Å². The molecule has 3 N–H and O–H groups in total. The van der Waals surface area contributed by atoms with Crippen molar-refractivity contribution in [3.05, 3.63) is 53.4 Å². The van der Waals surface area contributed by atoms with Crippen LogP contribution in [0.2, 0.25) is 5.15 Å². The van der Waals surface area contributed by atoms with E-state index in [0.29, 0.717) is 11.4 Å². The van der Waals surface area contributed by atoms with Crippen LogP contribution in [-0.4, -0.2) is 25.1 Å². The molecule has 1 atom stereocenters. The number of aromatic hydroxyl groups is 1. The van der Waals surface area contributed by atoms with Gasteiger partial charge in [-0.25, -0.2) is 0 Å². The Balaban J connectivity index is 1.93. The van der Waals surface area contributed by atoms with Crippen molar-refractivity contribution in [2.75, 3.05) is 5.73 Å². The molecule has 7 heteroatoms. The number of phenols is 1. The number of hydrogen-bond acceptors (Lipinski definition) is 5. The molecule has 0 aliphatic rings. The zero-order valence-corrected chi connectivity index (χ0v) is 12.6. The molecule has 112 valence electrons. The lowest BCUT2D eigenvalue weighted by atomic mass is 10.1. The first kappa shape index (κ1) is 14.3. The average Bonchev–Trinajstić information content (AvgIpc) is 2.99. The molecule has 22 heavy (non-hydrogen) atoms. The number of benzene rings is 1. The summed E-state index contributed by atoms with van der Waals surface area (Å²) >= 11 is 5.87. The molecule has 0 bridgehead atoms. The highest BCUT2D eigenvalue weighted by Gasteiger charge is 2.13. The summed E-state index contributed by atoms with van der Waals surface area (Å²) in [5.74, 6) is 0.545. The fourth-order valence-electron chi connectivity index (χ4n) is 2.20. The van der Waals surface area contributed by atoms with Crippen LogP contribution in [0.4, 0.5) is 5.82 Å². The van der Waals surface area contributed by atoms with Gasteiger partial charge >= 0.3 is 0 Å². The second kappa shape index (κ2) is 5.65. The maximum Gasteiger partial charge on any atom is 0.154 e. The summed E-state index contributed by atoms with van der Waals surface area (Å²) in [6, 6.07) is 8.71. The van der Waals surface area contributed by atoms with Gasteiger partial charge in [0.2, 0.25) is 0 Å². The Hall–Kier alpha value is -2.60. The van der Waals surface area contributed by atoms with Crippen molar-refractivity contribution in [2.24, 2.45) is 0 Å². The number of hydrogen-bond donors (Lipinski definition) is 2. The lowest BCUT2D eigenvalue weighted by Gasteiger charge is -2.12. The molecule has 1 unspecified atom stereocenters. The Bertz CT molecular complexity index is 800. The summed E-state index contributed by atoms with van der Waals surface area (Å²) in [7, 11) is 0. The number of nitrogens with two attached hydrogens (primary N) is 1. The highest BCUT2D eigenvalue weighted by atomic mass is 35.5. The number of nitrogen functional groups attached to an aromatic ring is 1. The molecule has 0 aliphatic carbocycles. The molecular formula is C15H14ClN5O. The quantitative estimate of drug-likeness (QED) is 0.775. The molecular weight excluding hydrogens is 302 g/mol. The van der Waals surface area contributed by atoms with E-state index in [9.17, 15) is 5.11 Å². The maximum atomic E-state index is 9.36. The van der Waals surface area contributed by atoms with Crippen LogP contribution in [0.1, 0.15) is 18.5 Å². The molecule has 0 spiro atoms. The zero-order chi connectivity index (χ0) is 15.7. The molecule has 2 heterocycles. The van der Waals surface area contributed by atoms with Gasteiger partial charge in [-0.3, -0.25) is 4.68 Å². The van der Waals surface area contributed by atoms with E-state index < -0.39 is 0 Å². The Labute approximate surface area is 132 Å². The lowest BCUT2D eigenvalue weighted by molar-refractivity contribution is 0.474. The number of anilines is 1. The van der Waals surface area contributed by atoms with Crippen LogP contribution < -0.4 is 5.73 Å². The highest BCUT2D eigenvalue weighted by Crippen LogP contribution is 2.27. The molecule has 0 radical (unpaired) electrons. The van der Waals surface area contributed by atoms with Gasteiger partial charge in [-0.15, -0.1) is 10.2 Å². The summed E-state index contributed by atoms with van der Waals surface area (Å²) in [6.07, 6.45) is 3.59. The van der Waals surface area contributed by atoms with E-state index in [1.165, 1.54) is 0 Å². The molecule has 0 saturated carbocycles. The maximum absolute atomic E-state index is 9.36. The third-order valence-electron chi connectivity index (χ3n) is 3.48. The first-order valence-electron chi connectivity index (χ1n) is 6.67. The van der Waals surface area contributed by atoms with Gasteiger partial charge in [-0.1, -0.05) is 23.7 Å². The summed E-state index contributed by atoms with van der Waals surface area (Å²) in [5, 5.41) is 21.5. The summed E-state index contributed by atoms with van der Waals surface area (Å²) in [5.41, 5.74) is 8.39. The zero-order valence-electron chi connectivity index (χ0n) is 11.8. The van der Waals surface area contributed by atoms with Crippen LogP contribution in [0, 0.1) is 0 Å². The van der Waals surface area contributed by atoms with E-state index in [0.717, 1.165) is 11.1 Å². The fourth-order valence-corrected chi connectivity index (χ4v) is 2.35. The van der Waals surface area contributed by atoms with Crippen LogP contribution in [0.25, 0.3) is 11.1 Å². The van der Waals surface area contributed by atoms with Crippen LogP contribution in [-0.2, 0) is 0 Å². The third kappa shape index (κ3) is 2.73. The number of halogens is 1. The highest BCUT2D eigenvalue weighted by molar-refractivity contribution is 6.29. The standard InChI is InChI=1S/C15H14ClN5O/c1-9(10-2-4-12(22)5-3-10)21-8-11(7-18-21)13-6-14(16)19-20-15(13)17/h2-9,22H,1H3,(H2,17,20). The average molecular weight is 316 g/mol. The molecule has 6 nitrogen and oxygen atoms in total. The van der Waals surface area contributed by atoms with E-state index in [1.807, 2.05) is 29.9 Å². The van der Waals surface area contributed by atoms with Gasteiger partial charge in [0, 0.05) is 17.3 Å². The number of rotatable bonds is 3. The Kier molecular flexibility index (Phi) is 3.68. The Morgan fingerprint density at radius 2 is 1.95 bits per heavy atom. The minimum absolute atomic E-state index is 0.0147. The first-order valence-corrected chi connectivity index (χ1v) is 7.04. The monoisotopic (exact) mass is 315 g/mol. The third-order valence-corrected chi connectivity index (χ3v) is 3.66. The van der Waals surface area contributed by atoms with Gasteiger partial charge in [0.15, 0.2) is 11.0 Å². The summed E-state index contributed by atoms with van der Waals surface area (Å²) in [6.45, 7) is 2.02. The van der Waals surface area contributed by atoms with Crippen LogP contribution in [0.5, 0.6) is 5.75 Å². The first-order chi connectivity index (χ1) is 10.5. The largest absolute Gasteiger partial charge is 0.508 e. The van der Waals surface area contributed by atoms with E-state index in [-0.39, 0.29) is 16.9 Å². The summed E-state index contributed by atoms with van der Waals surface area (Å²) in [4.78, 5) is 0. The smallest absolute Gasteiger partial charge is 0.154 e. The van der Waals surface area contributed by atoms with Gasteiger partial charge < -0.3 is 10.8 Å². The van der Waals surface area contributed by atoms with E-state index in [2.05, 4.69) is 15.3 Å². The SMILES string of the molecule is CC(c1ccc(O)cc1)n1cc(-c2cc(Cl)nnc2N)cn1.